The largest absolute Gasteiger partial charge is 0.476 e. The Labute approximate surface area is 171 Å². The fourth-order valence-corrected chi connectivity index (χ4v) is 3.99. The Bertz CT molecular complexity index is 837. The monoisotopic (exact) mass is 395 g/mol. The Morgan fingerprint density at radius 2 is 1.75 bits per heavy atom. The fourth-order valence-electron chi connectivity index (χ4n) is 3.74. The van der Waals surface area contributed by atoms with Crippen LogP contribution in [-0.2, 0) is 11.3 Å². The van der Waals surface area contributed by atoms with Crippen LogP contribution in [0.15, 0.2) is 54.6 Å². The summed E-state index contributed by atoms with van der Waals surface area (Å²) >= 11 is 5.68. The molecule has 0 spiro atoms. The number of anilines is 1. The van der Waals surface area contributed by atoms with E-state index in [-0.39, 0.29) is 5.91 Å². The third kappa shape index (κ3) is 4.12. The zero-order valence-electron chi connectivity index (χ0n) is 15.8. The molecule has 4 rings (SSSR count). The van der Waals surface area contributed by atoms with Crippen LogP contribution in [-0.4, -0.2) is 41.7 Å². The van der Waals surface area contributed by atoms with Crippen molar-refractivity contribution in [3.8, 4) is 5.75 Å². The predicted molar refractivity (Wildman–Crippen MR) is 115 cm³/mol. The lowest BCUT2D eigenvalue weighted by Crippen LogP contribution is -2.54. The third-order valence-corrected chi connectivity index (χ3v) is 5.61. The SMILES string of the molecule is O=C([C@H]1CN(C(=S)NCc2ccccc2)c2ccccc2O1)N1CCCCC1. The number of nitrogens with one attached hydrogen (secondary N) is 1. The van der Waals surface area contributed by atoms with E-state index in [4.69, 9.17) is 17.0 Å². The van der Waals surface area contributed by atoms with Gasteiger partial charge < -0.3 is 19.9 Å². The van der Waals surface area contributed by atoms with Crippen molar-refractivity contribution in [3.05, 3.63) is 60.2 Å². The van der Waals surface area contributed by atoms with Gasteiger partial charge in [-0.3, -0.25) is 4.79 Å². The van der Waals surface area contributed by atoms with Crippen LogP contribution >= 0.6 is 12.2 Å². The maximum absolute atomic E-state index is 13.0. The molecule has 28 heavy (non-hydrogen) atoms. The molecule has 146 valence electrons. The molecule has 2 aliphatic rings. The van der Waals surface area contributed by atoms with Gasteiger partial charge in [-0.15, -0.1) is 0 Å². The number of amides is 1. The fraction of sp³-hybridized carbons (Fsp3) is 0.364. The third-order valence-electron chi connectivity index (χ3n) is 5.25. The number of para-hydroxylation sites is 2. The van der Waals surface area contributed by atoms with E-state index in [1.807, 2.05) is 52.3 Å². The molecular weight excluding hydrogens is 370 g/mol. The van der Waals surface area contributed by atoms with Gasteiger partial charge in [0.2, 0.25) is 0 Å². The highest BCUT2D eigenvalue weighted by atomic mass is 32.1. The van der Waals surface area contributed by atoms with E-state index >= 15 is 0 Å². The summed E-state index contributed by atoms with van der Waals surface area (Å²) in [5.41, 5.74) is 2.06. The molecule has 1 saturated heterocycles. The van der Waals surface area contributed by atoms with E-state index in [0.29, 0.717) is 24.0 Å². The van der Waals surface area contributed by atoms with Gasteiger partial charge >= 0.3 is 0 Å². The molecule has 2 aromatic rings. The van der Waals surface area contributed by atoms with E-state index in [0.717, 1.165) is 37.2 Å². The van der Waals surface area contributed by atoms with Gasteiger partial charge in [0.05, 0.1) is 12.2 Å². The van der Waals surface area contributed by atoms with Gasteiger partial charge in [-0.1, -0.05) is 42.5 Å². The second-order valence-electron chi connectivity index (χ2n) is 7.22. The van der Waals surface area contributed by atoms with E-state index in [2.05, 4.69) is 17.4 Å². The summed E-state index contributed by atoms with van der Waals surface area (Å²) in [6, 6.07) is 17.9. The first-order valence-corrected chi connectivity index (χ1v) is 10.3. The molecule has 2 heterocycles. The number of rotatable bonds is 3. The normalized spacial score (nSPS) is 18.8. The van der Waals surface area contributed by atoms with Crippen LogP contribution in [0.4, 0.5) is 5.69 Å². The number of hydrogen-bond donors (Lipinski definition) is 1. The molecule has 6 heteroatoms. The van der Waals surface area contributed by atoms with Crippen LogP contribution in [0, 0.1) is 0 Å². The van der Waals surface area contributed by atoms with Crippen LogP contribution in [0.2, 0.25) is 0 Å². The maximum atomic E-state index is 13.0. The molecule has 0 unspecified atom stereocenters. The Kier molecular flexibility index (Phi) is 5.76. The number of hydrogen-bond acceptors (Lipinski definition) is 3. The number of carbonyl (C=O) groups is 1. The highest BCUT2D eigenvalue weighted by Crippen LogP contribution is 2.33. The summed E-state index contributed by atoms with van der Waals surface area (Å²) in [6.07, 6.45) is 2.79. The molecule has 0 saturated carbocycles. The Morgan fingerprint density at radius 1 is 1.04 bits per heavy atom. The summed E-state index contributed by atoms with van der Waals surface area (Å²) in [7, 11) is 0. The van der Waals surface area contributed by atoms with Crippen molar-refractivity contribution in [2.45, 2.75) is 31.9 Å². The number of fused-ring (bicyclic) bond motifs is 1. The minimum atomic E-state index is -0.538. The van der Waals surface area contributed by atoms with E-state index in [1.54, 1.807) is 0 Å². The lowest BCUT2D eigenvalue weighted by Gasteiger charge is -2.38. The van der Waals surface area contributed by atoms with Crippen molar-refractivity contribution in [2.24, 2.45) is 0 Å². The van der Waals surface area contributed by atoms with Crippen molar-refractivity contribution < 1.29 is 9.53 Å². The molecule has 1 N–H and O–H groups in total. The van der Waals surface area contributed by atoms with Crippen LogP contribution in [0.1, 0.15) is 24.8 Å². The summed E-state index contributed by atoms with van der Waals surface area (Å²) in [6.45, 7) is 2.70. The second-order valence-corrected chi connectivity index (χ2v) is 7.60. The van der Waals surface area contributed by atoms with E-state index < -0.39 is 6.10 Å². The minimum absolute atomic E-state index is 0.0602. The predicted octanol–water partition coefficient (Wildman–Crippen LogP) is 3.34. The quantitative estimate of drug-likeness (QED) is 0.808. The smallest absolute Gasteiger partial charge is 0.265 e. The number of likely N-dealkylation sites (tertiary alicyclic amines) is 1. The number of piperidine rings is 1. The van der Waals surface area contributed by atoms with E-state index in [9.17, 15) is 4.79 Å². The molecule has 0 radical (unpaired) electrons. The van der Waals surface area contributed by atoms with Gasteiger partial charge in [0.25, 0.3) is 5.91 Å². The van der Waals surface area contributed by atoms with Gasteiger partial charge in [0.15, 0.2) is 11.2 Å². The summed E-state index contributed by atoms with van der Waals surface area (Å²) in [5.74, 6) is 0.762. The first kappa shape index (κ1) is 18.7. The molecule has 1 fully saturated rings. The summed E-state index contributed by atoms with van der Waals surface area (Å²) in [4.78, 5) is 16.9. The van der Waals surface area contributed by atoms with Crippen molar-refractivity contribution in [2.75, 3.05) is 24.5 Å². The van der Waals surface area contributed by atoms with E-state index in [1.165, 1.54) is 6.42 Å². The highest BCUT2D eigenvalue weighted by molar-refractivity contribution is 7.80. The van der Waals surface area contributed by atoms with Crippen LogP contribution in [0.3, 0.4) is 0 Å². The molecular formula is C22H25N3O2S. The van der Waals surface area contributed by atoms with Crippen molar-refractivity contribution in [3.63, 3.8) is 0 Å². The average Bonchev–Trinajstić information content (AvgIpc) is 2.77. The Hall–Kier alpha value is -2.60. The zero-order chi connectivity index (χ0) is 19.3. The topological polar surface area (TPSA) is 44.8 Å². The number of thiocarbonyl (C=S) groups is 1. The van der Waals surface area contributed by atoms with Gasteiger partial charge in [-0.05, 0) is 49.2 Å². The second kappa shape index (κ2) is 8.61. The molecule has 1 atom stereocenters. The van der Waals surface area contributed by atoms with Crippen molar-refractivity contribution in [1.29, 1.82) is 0 Å². The van der Waals surface area contributed by atoms with Crippen LogP contribution in [0.25, 0.3) is 0 Å². The van der Waals surface area contributed by atoms with Crippen molar-refractivity contribution in [1.82, 2.24) is 10.2 Å². The van der Waals surface area contributed by atoms with Gasteiger partial charge in [0.1, 0.15) is 5.75 Å². The number of nitrogens with zero attached hydrogens (tertiary/aromatic N) is 2. The molecule has 1 amide bonds. The van der Waals surface area contributed by atoms with Crippen LogP contribution < -0.4 is 15.0 Å². The number of carbonyl (C=O) groups excluding carboxylic acids is 1. The average molecular weight is 396 g/mol. The Morgan fingerprint density at radius 3 is 2.54 bits per heavy atom. The number of benzene rings is 2. The minimum Gasteiger partial charge on any atom is -0.476 e. The maximum Gasteiger partial charge on any atom is 0.265 e. The first-order chi connectivity index (χ1) is 13.7. The molecule has 0 aliphatic carbocycles. The van der Waals surface area contributed by atoms with Crippen LogP contribution in [0.5, 0.6) is 5.75 Å². The van der Waals surface area contributed by atoms with Crippen molar-refractivity contribution >= 4 is 28.9 Å². The summed E-state index contributed by atoms with van der Waals surface area (Å²) < 4.78 is 6.07. The molecule has 5 nitrogen and oxygen atoms in total. The molecule has 0 aromatic heterocycles. The summed E-state index contributed by atoms with van der Waals surface area (Å²) in [5, 5.41) is 3.93. The molecule has 2 aromatic carbocycles. The molecule has 2 aliphatic heterocycles. The highest BCUT2D eigenvalue weighted by Gasteiger charge is 2.35. The number of ether oxygens (including phenoxy) is 1. The first-order valence-electron chi connectivity index (χ1n) is 9.86. The zero-order valence-corrected chi connectivity index (χ0v) is 16.7. The Balaban J connectivity index is 1.50. The van der Waals surface area contributed by atoms with Gasteiger partial charge in [0, 0.05) is 19.6 Å². The van der Waals surface area contributed by atoms with Gasteiger partial charge in [-0.25, -0.2) is 0 Å². The standard InChI is InChI=1S/C22H25N3O2S/c26-21(24-13-7-2-8-14-24)20-16-25(18-11-5-6-12-19(18)27-20)22(28)23-15-17-9-3-1-4-10-17/h1,3-6,9-12,20H,2,7-8,13-16H2,(H,23,28)/t20-/m1/s1. The van der Waals surface area contributed by atoms with Gasteiger partial charge in [-0.2, -0.15) is 0 Å². The lowest BCUT2D eigenvalue weighted by atomic mass is 10.1. The molecule has 0 bridgehead atoms. The lowest BCUT2D eigenvalue weighted by molar-refractivity contribution is -0.139.